The van der Waals surface area contributed by atoms with E-state index in [4.69, 9.17) is 24.1 Å². The Hall–Kier alpha value is -4.87. The Kier molecular flexibility index (Phi) is 6.76. The van der Waals surface area contributed by atoms with Crippen LogP contribution in [0.3, 0.4) is 0 Å². The second-order valence-electron chi connectivity index (χ2n) is 7.19. The number of aromatic carboxylic acids is 1. The van der Waals surface area contributed by atoms with E-state index in [0.29, 0.717) is 24.0 Å². The molecule has 3 N–H and O–H groups in total. The Bertz CT molecular complexity index is 1320. The van der Waals surface area contributed by atoms with E-state index >= 15 is 0 Å². The SMILES string of the molecule is COc1cc(C)c2c(c1C=O)Oc1c(C)c(C(=O)O)c(O)c(COC(=O)/C=C/C(=O)O)c1OC2=O. The van der Waals surface area contributed by atoms with Gasteiger partial charge < -0.3 is 34.3 Å². The number of carboxylic acids is 2. The molecule has 0 amide bonds. The fourth-order valence-electron chi connectivity index (χ4n) is 3.47. The molecule has 0 spiro atoms. The highest BCUT2D eigenvalue weighted by atomic mass is 16.6. The molecule has 2 aromatic rings. The summed E-state index contributed by atoms with van der Waals surface area (Å²) in [5.41, 5.74) is -1.20. The van der Waals surface area contributed by atoms with Gasteiger partial charge in [0, 0.05) is 17.7 Å². The van der Waals surface area contributed by atoms with Crippen LogP contribution in [0.25, 0.3) is 0 Å². The number of esters is 2. The molecule has 0 unspecified atom stereocenters. The third kappa shape index (κ3) is 4.49. The van der Waals surface area contributed by atoms with Crippen LogP contribution in [0.2, 0.25) is 0 Å². The van der Waals surface area contributed by atoms with Gasteiger partial charge in [-0.05, 0) is 25.5 Å². The summed E-state index contributed by atoms with van der Waals surface area (Å²) in [4.78, 5) is 59.1. The van der Waals surface area contributed by atoms with Crippen molar-refractivity contribution in [3.8, 4) is 28.7 Å². The van der Waals surface area contributed by atoms with E-state index in [9.17, 15) is 34.2 Å². The van der Waals surface area contributed by atoms with Crippen LogP contribution in [0, 0.1) is 13.8 Å². The van der Waals surface area contributed by atoms with Gasteiger partial charge in [0.1, 0.15) is 29.2 Å². The lowest BCUT2D eigenvalue weighted by Crippen LogP contribution is -2.13. The number of ether oxygens (including phenoxy) is 4. The summed E-state index contributed by atoms with van der Waals surface area (Å²) >= 11 is 0. The van der Waals surface area contributed by atoms with Gasteiger partial charge in [0.25, 0.3) is 0 Å². The van der Waals surface area contributed by atoms with Crippen LogP contribution in [0.1, 0.15) is 47.8 Å². The Morgan fingerprint density at radius 3 is 2.31 bits per heavy atom. The number of carbonyl (C=O) groups excluding carboxylic acids is 3. The van der Waals surface area contributed by atoms with Crippen LogP contribution in [-0.2, 0) is 20.9 Å². The number of hydrogen-bond donors (Lipinski definition) is 3. The topological polar surface area (TPSA) is 183 Å². The van der Waals surface area contributed by atoms with Gasteiger partial charge in [-0.15, -0.1) is 0 Å². The van der Waals surface area contributed by atoms with Crippen molar-refractivity contribution in [2.24, 2.45) is 0 Å². The molecule has 35 heavy (non-hydrogen) atoms. The largest absolute Gasteiger partial charge is 0.506 e. The zero-order valence-corrected chi connectivity index (χ0v) is 18.5. The van der Waals surface area contributed by atoms with E-state index in [-0.39, 0.29) is 33.9 Å². The number of carbonyl (C=O) groups is 5. The first-order valence-corrected chi connectivity index (χ1v) is 9.77. The Labute approximate surface area is 196 Å². The lowest BCUT2D eigenvalue weighted by molar-refractivity contribution is -0.139. The lowest BCUT2D eigenvalue weighted by atomic mass is 10.0. The fraction of sp³-hybridized carbons (Fsp3) is 0.174. The van der Waals surface area contributed by atoms with Crippen molar-refractivity contribution in [1.29, 1.82) is 0 Å². The predicted molar refractivity (Wildman–Crippen MR) is 115 cm³/mol. The number of aromatic hydroxyl groups is 1. The van der Waals surface area contributed by atoms with E-state index in [1.54, 1.807) is 0 Å². The molecular formula is C23H18O12. The summed E-state index contributed by atoms with van der Waals surface area (Å²) in [7, 11) is 1.30. The quantitative estimate of drug-likeness (QED) is 0.225. The van der Waals surface area contributed by atoms with Crippen LogP contribution in [0.4, 0.5) is 0 Å². The van der Waals surface area contributed by atoms with Crippen molar-refractivity contribution in [1.82, 2.24) is 0 Å². The van der Waals surface area contributed by atoms with Crippen LogP contribution in [0.5, 0.6) is 28.7 Å². The summed E-state index contributed by atoms with van der Waals surface area (Å²) in [5, 5.41) is 28.9. The molecule has 1 aliphatic heterocycles. The number of aldehydes is 1. The maximum absolute atomic E-state index is 13.0. The van der Waals surface area contributed by atoms with Crippen molar-refractivity contribution < 1.29 is 58.2 Å². The maximum atomic E-state index is 13.0. The molecule has 0 saturated heterocycles. The van der Waals surface area contributed by atoms with Crippen molar-refractivity contribution >= 4 is 30.2 Å². The first-order valence-electron chi connectivity index (χ1n) is 9.77. The number of benzene rings is 2. The molecule has 0 saturated carbocycles. The van der Waals surface area contributed by atoms with E-state index in [1.807, 2.05) is 0 Å². The lowest BCUT2D eigenvalue weighted by Gasteiger charge is -2.18. The summed E-state index contributed by atoms with van der Waals surface area (Å²) in [6.07, 6.45) is 1.49. The number of phenols is 1. The van der Waals surface area contributed by atoms with Crippen molar-refractivity contribution in [3.63, 3.8) is 0 Å². The smallest absolute Gasteiger partial charge is 0.347 e. The summed E-state index contributed by atoms with van der Waals surface area (Å²) in [5.74, 6) is -6.92. The first kappa shape index (κ1) is 24.8. The third-order valence-electron chi connectivity index (χ3n) is 5.07. The Morgan fingerprint density at radius 1 is 1.06 bits per heavy atom. The molecule has 0 aromatic heterocycles. The van der Waals surface area contributed by atoms with Crippen molar-refractivity contribution in [3.05, 3.63) is 51.6 Å². The zero-order valence-electron chi connectivity index (χ0n) is 18.5. The normalized spacial score (nSPS) is 12.0. The van der Waals surface area contributed by atoms with Crippen molar-refractivity contribution in [2.75, 3.05) is 7.11 Å². The number of aliphatic carboxylic acids is 1. The standard InChI is InChI=1S/C23H18O12/c1-9-6-13(32-3)11(7-24)20-16(9)23(31)35-21-12(8-33-15(27)5-4-14(25)26)18(28)17(22(29)30)10(2)19(21)34-20/h4-7,28H,8H2,1-3H3,(H,25,26)(H,29,30)/b5-4+. The first-order chi connectivity index (χ1) is 16.5. The van der Waals surface area contributed by atoms with Gasteiger partial charge in [-0.25, -0.2) is 19.2 Å². The highest BCUT2D eigenvalue weighted by Gasteiger charge is 2.36. The highest BCUT2D eigenvalue weighted by Crippen LogP contribution is 2.50. The zero-order chi connectivity index (χ0) is 26.0. The van der Waals surface area contributed by atoms with Gasteiger partial charge in [0.05, 0.1) is 18.2 Å². The molecule has 0 radical (unpaired) electrons. The van der Waals surface area contributed by atoms with E-state index in [1.165, 1.54) is 27.0 Å². The maximum Gasteiger partial charge on any atom is 0.347 e. The summed E-state index contributed by atoms with van der Waals surface area (Å²) in [6, 6.07) is 1.41. The van der Waals surface area contributed by atoms with Gasteiger partial charge in [0.2, 0.25) is 0 Å². The molecule has 0 atom stereocenters. The second-order valence-corrected chi connectivity index (χ2v) is 7.19. The Balaban J connectivity index is 2.25. The molecule has 1 heterocycles. The number of methoxy groups -OCH3 is 1. The van der Waals surface area contributed by atoms with E-state index < -0.39 is 53.1 Å². The minimum absolute atomic E-state index is 0.0850. The fourth-order valence-corrected chi connectivity index (χ4v) is 3.47. The van der Waals surface area contributed by atoms with Crippen LogP contribution >= 0.6 is 0 Å². The predicted octanol–water partition coefficient (Wildman–Crippen LogP) is 2.54. The molecule has 2 aromatic carbocycles. The molecular weight excluding hydrogens is 468 g/mol. The van der Waals surface area contributed by atoms with E-state index in [0.717, 1.165) is 0 Å². The average molecular weight is 486 g/mol. The molecule has 1 aliphatic rings. The van der Waals surface area contributed by atoms with Crippen LogP contribution in [0.15, 0.2) is 18.2 Å². The molecule has 12 heteroatoms. The molecule has 0 aliphatic carbocycles. The summed E-state index contributed by atoms with van der Waals surface area (Å²) in [6.45, 7) is 1.99. The average Bonchev–Trinajstić information content (AvgIpc) is 2.94. The van der Waals surface area contributed by atoms with Crippen LogP contribution in [-0.4, -0.2) is 52.6 Å². The van der Waals surface area contributed by atoms with Gasteiger partial charge in [-0.1, -0.05) is 0 Å². The van der Waals surface area contributed by atoms with Crippen molar-refractivity contribution in [2.45, 2.75) is 20.5 Å². The number of hydrogen-bond acceptors (Lipinski definition) is 10. The van der Waals surface area contributed by atoms with Crippen LogP contribution < -0.4 is 14.2 Å². The molecule has 182 valence electrons. The molecule has 0 bridgehead atoms. The molecule has 0 fully saturated rings. The number of aryl methyl sites for hydroxylation is 1. The molecule has 12 nitrogen and oxygen atoms in total. The monoisotopic (exact) mass is 486 g/mol. The summed E-state index contributed by atoms with van der Waals surface area (Å²) < 4.78 is 21.4. The number of carboxylic acid groups (broad SMARTS) is 2. The van der Waals surface area contributed by atoms with Gasteiger partial charge in [-0.2, -0.15) is 0 Å². The minimum atomic E-state index is -1.57. The van der Waals surface area contributed by atoms with Gasteiger partial charge in [-0.3, -0.25) is 4.79 Å². The highest BCUT2D eigenvalue weighted by molar-refractivity contribution is 6.03. The molecule has 3 rings (SSSR count). The second kappa shape index (κ2) is 9.55. The number of rotatable bonds is 7. The third-order valence-corrected chi connectivity index (χ3v) is 5.07. The van der Waals surface area contributed by atoms with Gasteiger partial charge >= 0.3 is 23.9 Å². The van der Waals surface area contributed by atoms with Gasteiger partial charge in [0.15, 0.2) is 23.5 Å². The number of fused-ring (bicyclic) bond motifs is 2. The minimum Gasteiger partial charge on any atom is -0.506 e. The Morgan fingerprint density at radius 2 is 1.74 bits per heavy atom. The van der Waals surface area contributed by atoms with E-state index in [2.05, 4.69) is 0 Å².